The first-order chi connectivity index (χ1) is 15.0. The van der Waals surface area contributed by atoms with E-state index in [-0.39, 0.29) is 18.4 Å². The highest BCUT2D eigenvalue weighted by Crippen LogP contribution is 2.21. The van der Waals surface area contributed by atoms with E-state index in [2.05, 4.69) is 22.9 Å². The summed E-state index contributed by atoms with van der Waals surface area (Å²) in [5, 5.41) is 8.93. The normalized spacial score (nSPS) is 10.3. The number of ether oxygens (including phenoxy) is 1. The van der Waals surface area contributed by atoms with Crippen LogP contribution in [0.25, 0.3) is 0 Å². The number of carbonyl (C=O) groups excluding carboxylic acids is 2. The Morgan fingerprint density at radius 3 is 2.19 bits per heavy atom. The lowest BCUT2D eigenvalue weighted by Crippen LogP contribution is -2.23. The van der Waals surface area contributed by atoms with Gasteiger partial charge in [0.25, 0.3) is 5.91 Å². The van der Waals surface area contributed by atoms with E-state index in [1.54, 1.807) is 55.6 Å². The third kappa shape index (κ3) is 5.85. The Morgan fingerprint density at radius 2 is 1.55 bits per heavy atom. The second kappa shape index (κ2) is 10.3. The lowest BCUT2D eigenvalue weighted by Gasteiger charge is -2.14. The van der Waals surface area contributed by atoms with Gasteiger partial charge in [-0.05, 0) is 73.0 Å². The fraction of sp³-hybridized carbons (Fsp3) is 0.200. The van der Waals surface area contributed by atoms with E-state index in [9.17, 15) is 9.59 Å². The minimum atomic E-state index is -0.207. The van der Waals surface area contributed by atoms with E-state index < -0.39 is 0 Å². The van der Waals surface area contributed by atoms with E-state index in [0.717, 1.165) is 34.7 Å². The Labute approximate surface area is 182 Å². The summed E-state index contributed by atoms with van der Waals surface area (Å²) in [6, 6.07) is 20.1. The smallest absolute Gasteiger partial charge is 0.255 e. The number of benzene rings is 3. The Kier molecular flexibility index (Phi) is 7.27. The lowest BCUT2D eigenvalue weighted by atomic mass is 10.1. The largest absolute Gasteiger partial charge is 0.497 e. The molecule has 31 heavy (non-hydrogen) atoms. The van der Waals surface area contributed by atoms with Gasteiger partial charge < -0.3 is 20.7 Å². The number of methoxy groups -OCH3 is 1. The molecule has 0 bridgehead atoms. The summed E-state index contributed by atoms with van der Waals surface area (Å²) in [6.45, 7) is 4.18. The van der Waals surface area contributed by atoms with Gasteiger partial charge in [0.05, 0.1) is 13.7 Å². The second-order valence-corrected chi connectivity index (χ2v) is 7.12. The number of rotatable bonds is 8. The van der Waals surface area contributed by atoms with Gasteiger partial charge in [0.15, 0.2) is 0 Å². The van der Waals surface area contributed by atoms with E-state index in [4.69, 9.17) is 4.74 Å². The van der Waals surface area contributed by atoms with Gasteiger partial charge in [0.1, 0.15) is 5.75 Å². The number of carbonyl (C=O) groups is 2. The average molecular weight is 418 g/mol. The van der Waals surface area contributed by atoms with Crippen LogP contribution in [0.15, 0.2) is 66.7 Å². The molecule has 6 nitrogen and oxygen atoms in total. The molecule has 0 aliphatic heterocycles. The van der Waals surface area contributed by atoms with Crippen molar-refractivity contribution >= 4 is 28.9 Å². The van der Waals surface area contributed by atoms with E-state index >= 15 is 0 Å². The first-order valence-electron chi connectivity index (χ1n) is 10.2. The summed E-state index contributed by atoms with van der Waals surface area (Å²) >= 11 is 0. The minimum absolute atomic E-state index is 0.120. The molecule has 0 fully saturated rings. The predicted molar refractivity (Wildman–Crippen MR) is 125 cm³/mol. The van der Waals surface area contributed by atoms with E-state index in [1.165, 1.54) is 0 Å². The van der Waals surface area contributed by atoms with Gasteiger partial charge in [-0.15, -0.1) is 0 Å². The van der Waals surface area contributed by atoms with Crippen LogP contribution in [0.1, 0.15) is 28.4 Å². The zero-order valence-electron chi connectivity index (χ0n) is 18.0. The molecule has 0 aliphatic carbocycles. The third-order valence-electron chi connectivity index (χ3n) is 4.95. The molecule has 6 heteroatoms. The van der Waals surface area contributed by atoms with E-state index in [1.807, 2.05) is 25.1 Å². The highest BCUT2D eigenvalue weighted by molar-refractivity contribution is 6.04. The molecule has 3 aromatic carbocycles. The van der Waals surface area contributed by atoms with Crippen LogP contribution < -0.4 is 20.7 Å². The molecule has 3 rings (SSSR count). The van der Waals surface area contributed by atoms with Gasteiger partial charge >= 0.3 is 0 Å². The average Bonchev–Trinajstić information content (AvgIpc) is 2.80. The van der Waals surface area contributed by atoms with Crippen molar-refractivity contribution in [3.05, 3.63) is 83.4 Å². The molecule has 0 unspecified atom stereocenters. The van der Waals surface area contributed by atoms with Crippen LogP contribution >= 0.6 is 0 Å². The first kappa shape index (κ1) is 21.9. The lowest BCUT2D eigenvalue weighted by molar-refractivity contribution is -0.114. The van der Waals surface area contributed by atoms with Crippen LogP contribution in [0.3, 0.4) is 0 Å². The molecule has 0 spiro atoms. The molecule has 0 aromatic heterocycles. The van der Waals surface area contributed by atoms with Crippen molar-refractivity contribution in [3.8, 4) is 5.75 Å². The third-order valence-corrected chi connectivity index (χ3v) is 4.95. The summed E-state index contributed by atoms with van der Waals surface area (Å²) in [4.78, 5) is 24.8. The van der Waals surface area contributed by atoms with Crippen molar-refractivity contribution < 1.29 is 14.3 Å². The fourth-order valence-electron chi connectivity index (χ4n) is 3.19. The Balaban J connectivity index is 1.54. The van der Waals surface area contributed by atoms with Crippen LogP contribution in [-0.2, 0) is 11.2 Å². The number of aryl methyl sites for hydroxylation is 2. The highest BCUT2D eigenvalue weighted by Gasteiger charge is 2.10. The van der Waals surface area contributed by atoms with Gasteiger partial charge in [-0.3, -0.25) is 9.59 Å². The fourth-order valence-corrected chi connectivity index (χ4v) is 3.19. The number of amides is 2. The monoisotopic (exact) mass is 417 g/mol. The maximum Gasteiger partial charge on any atom is 0.255 e. The molecule has 0 heterocycles. The molecule has 160 valence electrons. The van der Waals surface area contributed by atoms with Crippen LogP contribution in [-0.4, -0.2) is 25.5 Å². The summed E-state index contributed by atoms with van der Waals surface area (Å²) in [5.74, 6) is 0.400. The number of nitrogens with one attached hydrogen (secondary N) is 3. The molecule has 3 N–H and O–H groups in total. The van der Waals surface area contributed by atoms with Crippen molar-refractivity contribution in [2.24, 2.45) is 0 Å². The maximum atomic E-state index is 12.4. The van der Waals surface area contributed by atoms with Crippen LogP contribution in [0.5, 0.6) is 5.75 Å². The standard InChI is InChI=1S/C25H27N3O3/c1-4-18-7-5-6-17(2)24(18)28-23(29)16-26-20-10-8-19(9-11-20)25(30)27-21-12-14-22(31-3)15-13-21/h5-15,26H,4,16H2,1-3H3,(H,27,30)(H,28,29). The molecule has 0 radical (unpaired) electrons. The molecule has 3 aromatic rings. The molecular weight excluding hydrogens is 390 g/mol. The Bertz CT molecular complexity index is 1040. The van der Waals surface area contributed by atoms with Crippen molar-refractivity contribution in [3.63, 3.8) is 0 Å². The Hall–Kier alpha value is -3.80. The molecule has 0 aliphatic rings. The molecular formula is C25H27N3O3. The van der Waals surface area contributed by atoms with Gasteiger partial charge in [-0.1, -0.05) is 25.1 Å². The SMILES string of the molecule is CCc1cccc(C)c1NC(=O)CNc1ccc(C(=O)Nc2ccc(OC)cc2)cc1. The summed E-state index contributed by atoms with van der Waals surface area (Å²) in [5.41, 5.74) is 5.00. The number of hydrogen-bond donors (Lipinski definition) is 3. The van der Waals surface area contributed by atoms with Crippen LogP contribution in [0.4, 0.5) is 17.1 Å². The van der Waals surface area contributed by atoms with Gasteiger partial charge in [-0.2, -0.15) is 0 Å². The van der Waals surface area contributed by atoms with Crippen molar-refractivity contribution in [2.45, 2.75) is 20.3 Å². The molecule has 0 saturated carbocycles. The van der Waals surface area contributed by atoms with Gasteiger partial charge in [-0.25, -0.2) is 0 Å². The quantitative estimate of drug-likeness (QED) is 0.489. The zero-order valence-corrected chi connectivity index (χ0v) is 18.0. The van der Waals surface area contributed by atoms with Crippen molar-refractivity contribution in [1.82, 2.24) is 0 Å². The van der Waals surface area contributed by atoms with Crippen molar-refractivity contribution in [2.75, 3.05) is 29.6 Å². The van der Waals surface area contributed by atoms with Crippen LogP contribution in [0, 0.1) is 6.92 Å². The first-order valence-corrected chi connectivity index (χ1v) is 10.2. The summed E-state index contributed by atoms with van der Waals surface area (Å²) in [7, 11) is 1.60. The zero-order chi connectivity index (χ0) is 22.2. The number of anilines is 3. The molecule has 0 atom stereocenters. The van der Waals surface area contributed by atoms with E-state index in [0.29, 0.717) is 11.3 Å². The number of para-hydroxylation sites is 1. The van der Waals surface area contributed by atoms with Gasteiger partial charge in [0, 0.05) is 22.6 Å². The summed E-state index contributed by atoms with van der Waals surface area (Å²) < 4.78 is 5.11. The van der Waals surface area contributed by atoms with Crippen LogP contribution in [0.2, 0.25) is 0 Å². The molecule has 0 saturated heterocycles. The maximum absolute atomic E-state index is 12.4. The number of hydrogen-bond acceptors (Lipinski definition) is 4. The Morgan fingerprint density at radius 1 is 0.871 bits per heavy atom. The highest BCUT2D eigenvalue weighted by atomic mass is 16.5. The second-order valence-electron chi connectivity index (χ2n) is 7.12. The minimum Gasteiger partial charge on any atom is -0.497 e. The van der Waals surface area contributed by atoms with Crippen molar-refractivity contribution in [1.29, 1.82) is 0 Å². The topological polar surface area (TPSA) is 79.5 Å². The summed E-state index contributed by atoms with van der Waals surface area (Å²) in [6.07, 6.45) is 0.852. The molecule has 2 amide bonds. The predicted octanol–water partition coefficient (Wildman–Crippen LogP) is 4.87. The van der Waals surface area contributed by atoms with Gasteiger partial charge in [0.2, 0.25) is 5.91 Å².